The number of thiazole rings is 1. The van der Waals surface area contributed by atoms with Gasteiger partial charge in [-0.05, 0) is 50.3 Å². The van der Waals surface area contributed by atoms with Gasteiger partial charge in [0, 0.05) is 23.6 Å². The van der Waals surface area contributed by atoms with Crippen LogP contribution in [0.2, 0.25) is 0 Å². The average Bonchev–Trinajstić information content (AvgIpc) is 3.70. The van der Waals surface area contributed by atoms with Crippen molar-refractivity contribution in [3.05, 3.63) is 64.2 Å². The Hall–Kier alpha value is -3.34. The molecule has 0 unspecified atom stereocenters. The highest BCUT2D eigenvalue weighted by molar-refractivity contribution is 7.14. The number of hydrogen-bond acceptors (Lipinski definition) is 8. The summed E-state index contributed by atoms with van der Waals surface area (Å²) in [6, 6.07) is 15.6. The molecule has 0 radical (unpaired) electrons. The highest BCUT2D eigenvalue weighted by atomic mass is 32.1. The van der Waals surface area contributed by atoms with Crippen LogP contribution in [0.15, 0.2) is 63.8 Å². The van der Waals surface area contributed by atoms with Gasteiger partial charge in [-0.1, -0.05) is 41.6 Å². The van der Waals surface area contributed by atoms with Gasteiger partial charge >= 0.3 is 0 Å². The zero-order valence-electron chi connectivity index (χ0n) is 19.2. The average molecular weight is 510 g/mol. The molecular weight excluding hydrogens is 482 g/mol. The van der Waals surface area contributed by atoms with Crippen molar-refractivity contribution in [1.29, 1.82) is 0 Å². The van der Waals surface area contributed by atoms with E-state index in [1.54, 1.807) is 0 Å². The first-order valence-corrected chi connectivity index (χ1v) is 13.2. The van der Waals surface area contributed by atoms with Crippen LogP contribution in [0.3, 0.4) is 0 Å². The van der Waals surface area contributed by atoms with E-state index in [1.165, 1.54) is 35.5 Å². The van der Waals surface area contributed by atoms with Crippen LogP contribution in [0.1, 0.15) is 28.9 Å². The van der Waals surface area contributed by atoms with Crippen LogP contribution in [0.25, 0.3) is 22.7 Å². The molecule has 35 heavy (non-hydrogen) atoms. The first-order chi connectivity index (χ1) is 17.2. The van der Waals surface area contributed by atoms with E-state index in [0.29, 0.717) is 23.1 Å². The van der Waals surface area contributed by atoms with Crippen LogP contribution in [0, 0.1) is 0 Å². The van der Waals surface area contributed by atoms with Crippen LogP contribution >= 0.6 is 22.7 Å². The first-order valence-electron chi connectivity index (χ1n) is 11.4. The van der Waals surface area contributed by atoms with Crippen molar-refractivity contribution in [2.24, 2.45) is 5.73 Å². The predicted octanol–water partition coefficient (Wildman–Crippen LogP) is 4.76. The van der Waals surface area contributed by atoms with Gasteiger partial charge in [0.2, 0.25) is 6.41 Å². The van der Waals surface area contributed by atoms with E-state index in [1.807, 2.05) is 64.2 Å². The molecule has 2 amide bonds. The van der Waals surface area contributed by atoms with E-state index >= 15 is 0 Å². The van der Waals surface area contributed by atoms with Crippen molar-refractivity contribution in [2.75, 3.05) is 31.1 Å². The molecule has 2 N–H and O–H groups in total. The fraction of sp³-hybridized carbons (Fsp3) is 0.280. The number of likely N-dealkylation sites (tertiary alicyclic amines) is 1. The normalized spacial score (nSPS) is 13.3. The molecule has 3 aromatic heterocycles. The molecule has 4 heterocycles. The summed E-state index contributed by atoms with van der Waals surface area (Å²) in [5, 5.41) is 8.75. The van der Waals surface area contributed by atoms with Gasteiger partial charge in [-0.2, -0.15) is 0 Å². The van der Waals surface area contributed by atoms with E-state index in [4.69, 9.17) is 14.3 Å². The maximum Gasteiger partial charge on any atom is 0.270 e. The zero-order chi connectivity index (χ0) is 24.5. The van der Waals surface area contributed by atoms with Crippen molar-refractivity contribution in [3.63, 3.8) is 0 Å². The number of nitrogens with zero attached hydrogens (tertiary/aromatic N) is 4. The van der Waals surface area contributed by atoms with Gasteiger partial charge < -0.3 is 15.2 Å². The summed E-state index contributed by atoms with van der Waals surface area (Å²) in [4.78, 5) is 31.6. The Morgan fingerprint density at radius 2 is 1.89 bits per heavy atom. The summed E-state index contributed by atoms with van der Waals surface area (Å²) in [5.74, 6) is 0.608. The number of hydrogen-bond donors (Lipinski definition) is 1. The second-order valence-electron chi connectivity index (χ2n) is 7.93. The third-order valence-corrected chi connectivity index (χ3v) is 7.31. The Morgan fingerprint density at radius 1 is 1.11 bits per heavy atom. The number of amides is 2. The highest BCUT2D eigenvalue weighted by Crippen LogP contribution is 2.31. The van der Waals surface area contributed by atoms with Crippen molar-refractivity contribution in [2.45, 2.75) is 19.3 Å². The molecule has 8 nitrogen and oxygen atoms in total. The molecule has 1 aromatic carbocycles. The standard InChI is InChI=1S/C24H24N4O2S2.CH3NO/c29-23(22-10-6-15-31-22)28(14-7-13-27-11-4-5-12-27)24-25-20(17-32-24)21-16-19(26-30-21)18-8-2-1-3-9-18;2-1-3/h1-3,6,8-10,15-17H,4-5,7,11-14H2;1H,(H2,2,3). The fourth-order valence-corrected chi connectivity index (χ4v) is 5.43. The topological polar surface area (TPSA) is 106 Å². The number of carbonyl (C=O) groups excluding carboxylic acids is 2. The lowest BCUT2D eigenvalue weighted by Gasteiger charge is -2.21. The maximum absolute atomic E-state index is 13.2. The minimum Gasteiger partial charge on any atom is -0.372 e. The van der Waals surface area contributed by atoms with E-state index in [0.717, 1.165) is 42.2 Å². The van der Waals surface area contributed by atoms with Crippen molar-refractivity contribution < 1.29 is 14.1 Å². The van der Waals surface area contributed by atoms with Gasteiger partial charge in [-0.3, -0.25) is 14.5 Å². The third-order valence-electron chi connectivity index (χ3n) is 5.59. The van der Waals surface area contributed by atoms with Gasteiger partial charge in [-0.25, -0.2) is 4.98 Å². The smallest absolute Gasteiger partial charge is 0.270 e. The largest absolute Gasteiger partial charge is 0.372 e. The van der Waals surface area contributed by atoms with Crippen LogP contribution < -0.4 is 10.6 Å². The number of anilines is 1. The summed E-state index contributed by atoms with van der Waals surface area (Å²) >= 11 is 2.93. The van der Waals surface area contributed by atoms with Gasteiger partial charge in [0.1, 0.15) is 11.4 Å². The van der Waals surface area contributed by atoms with Crippen LogP contribution in [0.5, 0.6) is 0 Å². The Morgan fingerprint density at radius 3 is 2.60 bits per heavy atom. The molecule has 0 atom stereocenters. The Labute approximate surface area is 212 Å². The number of nitrogens with two attached hydrogens (primary N) is 1. The number of thiophene rings is 1. The quantitative estimate of drug-likeness (QED) is 0.343. The van der Waals surface area contributed by atoms with E-state index in [2.05, 4.69) is 15.8 Å². The lowest BCUT2D eigenvalue weighted by molar-refractivity contribution is -0.106. The summed E-state index contributed by atoms with van der Waals surface area (Å²) in [6.45, 7) is 3.98. The highest BCUT2D eigenvalue weighted by Gasteiger charge is 2.23. The van der Waals surface area contributed by atoms with E-state index in [-0.39, 0.29) is 12.3 Å². The molecule has 1 saturated heterocycles. The van der Waals surface area contributed by atoms with Gasteiger partial charge in [0.25, 0.3) is 5.91 Å². The third kappa shape index (κ3) is 6.41. The number of rotatable bonds is 8. The molecule has 5 rings (SSSR count). The molecule has 4 aromatic rings. The molecule has 1 fully saturated rings. The van der Waals surface area contributed by atoms with Crippen LogP contribution in [-0.4, -0.2) is 53.5 Å². The van der Waals surface area contributed by atoms with Gasteiger partial charge in [0.15, 0.2) is 10.9 Å². The molecule has 0 spiro atoms. The number of carbonyl (C=O) groups is 2. The Bertz CT molecular complexity index is 1200. The number of benzene rings is 1. The van der Waals surface area contributed by atoms with Crippen LogP contribution in [-0.2, 0) is 4.79 Å². The van der Waals surface area contributed by atoms with E-state index in [9.17, 15) is 4.79 Å². The molecule has 0 saturated carbocycles. The lowest BCUT2D eigenvalue weighted by Crippen LogP contribution is -2.33. The minimum atomic E-state index is 0.00451. The summed E-state index contributed by atoms with van der Waals surface area (Å²) < 4.78 is 5.57. The zero-order valence-corrected chi connectivity index (χ0v) is 20.8. The summed E-state index contributed by atoms with van der Waals surface area (Å²) in [5.41, 5.74) is 6.63. The fourth-order valence-electron chi connectivity index (χ4n) is 3.92. The molecular formula is C25H27N5O3S2. The molecule has 0 bridgehead atoms. The molecule has 1 aliphatic rings. The van der Waals surface area contributed by atoms with Crippen molar-refractivity contribution in [1.82, 2.24) is 15.0 Å². The second kappa shape index (κ2) is 12.4. The number of primary amides is 1. The second-order valence-corrected chi connectivity index (χ2v) is 9.71. The minimum absolute atomic E-state index is 0.00451. The van der Waals surface area contributed by atoms with Gasteiger partial charge in [-0.15, -0.1) is 22.7 Å². The Kier molecular flexibility index (Phi) is 8.77. The van der Waals surface area contributed by atoms with Crippen molar-refractivity contribution >= 4 is 40.1 Å². The number of aromatic nitrogens is 2. The lowest BCUT2D eigenvalue weighted by atomic mass is 10.1. The monoisotopic (exact) mass is 509 g/mol. The maximum atomic E-state index is 13.2. The molecule has 182 valence electrons. The van der Waals surface area contributed by atoms with Crippen LogP contribution in [0.4, 0.5) is 5.13 Å². The van der Waals surface area contributed by atoms with E-state index < -0.39 is 0 Å². The molecule has 1 aliphatic heterocycles. The van der Waals surface area contributed by atoms with Crippen molar-refractivity contribution in [3.8, 4) is 22.7 Å². The SMILES string of the molecule is NC=O.O=C(c1cccs1)N(CCCN1CCCC1)c1nc(-c2cc(-c3ccccc3)no2)cs1. The summed E-state index contributed by atoms with van der Waals surface area (Å²) in [7, 11) is 0. The molecule has 10 heteroatoms. The Balaban J connectivity index is 0.000000917. The predicted molar refractivity (Wildman–Crippen MR) is 140 cm³/mol. The summed E-state index contributed by atoms with van der Waals surface area (Å²) in [6.07, 6.45) is 3.72. The molecule has 0 aliphatic carbocycles. The van der Waals surface area contributed by atoms with Gasteiger partial charge in [0.05, 0.1) is 4.88 Å². The first kappa shape index (κ1) is 24.8.